The maximum absolute atomic E-state index is 12.2. The molecular formula is C13H20N6O. The van der Waals surface area contributed by atoms with Crippen LogP contribution in [0.1, 0.15) is 36.2 Å². The van der Waals surface area contributed by atoms with Gasteiger partial charge in [0.25, 0.3) is 5.91 Å². The largest absolute Gasteiger partial charge is 0.348 e. The SMILES string of the molecule is NNc1cncc(C(=O)NC2CCN3CCCC3C2)n1. The van der Waals surface area contributed by atoms with Crippen LogP contribution in [0.2, 0.25) is 0 Å². The van der Waals surface area contributed by atoms with Gasteiger partial charge in [-0.25, -0.2) is 10.8 Å². The lowest BCUT2D eigenvalue weighted by Crippen LogP contribution is -2.47. The lowest BCUT2D eigenvalue weighted by atomic mass is 9.97. The molecule has 4 N–H and O–H groups in total. The number of nitrogen functional groups attached to an aromatic ring is 1. The molecule has 1 aromatic heterocycles. The summed E-state index contributed by atoms with van der Waals surface area (Å²) in [7, 11) is 0. The summed E-state index contributed by atoms with van der Waals surface area (Å²) in [6.45, 7) is 2.28. The number of anilines is 1. The van der Waals surface area contributed by atoms with Crippen molar-refractivity contribution < 1.29 is 4.79 Å². The van der Waals surface area contributed by atoms with Crippen LogP contribution in [0.15, 0.2) is 12.4 Å². The zero-order valence-corrected chi connectivity index (χ0v) is 11.4. The number of rotatable bonds is 3. The standard InChI is InChI=1S/C13H20N6O/c14-18-12-8-15-7-11(17-12)13(20)16-9-3-5-19-4-1-2-10(19)6-9/h7-10H,1-6,14H2,(H,16,20)(H,17,18). The Labute approximate surface area is 117 Å². The lowest BCUT2D eigenvalue weighted by molar-refractivity contribution is 0.0891. The molecule has 1 aromatic rings. The third kappa shape index (κ3) is 2.73. The second-order valence-corrected chi connectivity index (χ2v) is 5.46. The van der Waals surface area contributed by atoms with E-state index in [1.165, 1.54) is 31.8 Å². The molecule has 3 heterocycles. The van der Waals surface area contributed by atoms with E-state index in [1.807, 2.05) is 0 Å². The molecule has 0 spiro atoms. The number of fused-ring (bicyclic) bond motifs is 1. The summed E-state index contributed by atoms with van der Waals surface area (Å²) in [4.78, 5) is 22.8. The number of aromatic nitrogens is 2. The number of hydrogen-bond donors (Lipinski definition) is 3. The van der Waals surface area contributed by atoms with Crippen LogP contribution in [-0.4, -0.2) is 45.9 Å². The first kappa shape index (κ1) is 13.3. The average Bonchev–Trinajstić information content (AvgIpc) is 2.95. The number of hydrazine groups is 1. The molecule has 2 saturated heterocycles. The van der Waals surface area contributed by atoms with Crippen LogP contribution in [0.3, 0.4) is 0 Å². The number of nitrogens with two attached hydrogens (primary N) is 1. The van der Waals surface area contributed by atoms with Crippen molar-refractivity contribution in [2.24, 2.45) is 5.84 Å². The molecule has 0 aliphatic carbocycles. The summed E-state index contributed by atoms with van der Waals surface area (Å²) in [5.74, 6) is 5.49. The van der Waals surface area contributed by atoms with Gasteiger partial charge in [0.15, 0.2) is 5.82 Å². The van der Waals surface area contributed by atoms with Crippen molar-refractivity contribution in [1.82, 2.24) is 20.2 Å². The van der Waals surface area contributed by atoms with E-state index < -0.39 is 0 Å². The van der Waals surface area contributed by atoms with Crippen molar-refractivity contribution in [3.63, 3.8) is 0 Å². The third-order valence-corrected chi connectivity index (χ3v) is 4.17. The van der Waals surface area contributed by atoms with Crippen molar-refractivity contribution in [3.8, 4) is 0 Å². The Morgan fingerprint density at radius 2 is 2.25 bits per heavy atom. The Bertz CT molecular complexity index is 494. The molecular weight excluding hydrogens is 256 g/mol. The summed E-state index contributed by atoms with van der Waals surface area (Å²) >= 11 is 0. The van der Waals surface area contributed by atoms with E-state index in [1.54, 1.807) is 0 Å². The summed E-state index contributed by atoms with van der Waals surface area (Å²) in [6.07, 6.45) is 7.51. The molecule has 3 rings (SSSR count). The van der Waals surface area contributed by atoms with Crippen molar-refractivity contribution in [2.45, 2.75) is 37.8 Å². The van der Waals surface area contributed by atoms with Crippen LogP contribution in [-0.2, 0) is 0 Å². The second kappa shape index (κ2) is 5.72. The summed E-state index contributed by atoms with van der Waals surface area (Å²) in [5, 5.41) is 3.06. The summed E-state index contributed by atoms with van der Waals surface area (Å²) in [5.41, 5.74) is 2.70. The Morgan fingerprint density at radius 3 is 3.10 bits per heavy atom. The number of nitrogens with zero attached hydrogens (tertiary/aromatic N) is 3. The lowest BCUT2D eigenvalue weighted by Gasteiger charge is -2.35. The van der Waals surface area contributed by atoms with Gasteiger partial charge in [-0.05, 0) is 32.2 Å². The van der Waals surface area contributed by atoms with E-state index in [2.05, 4.69) is 25.6 Å². The molecule has 2 aliphatic heterocycles. The first-order valence-corrected chi connectivity index (χ1v) is 7.10. The number of carbonyl (C=O) groups excluding carboxylic acids is 1. The minimum Gasteiger partial charge on any atom is -0.348 e. The smallest absolute Gasteiger partial charge is 0.271 e. The fraction of sp³-hybridized carbons (Fsp3) is 0.615. The molecule has 0 saturated carbocycles. The predicted octanol–water partition coefficient (Wildman–Crippen LogP) is 0.119. The molecule has 0 radical (unpaired) electrons. The monoisotopic (exact) mass is 276 g/mol. The van der Waals surface area contributed by atoms with Crippen LogP contribution in [0.4, 0.5) is 5.82 Å². The van der Waals surface area contributed by atoms with E-state index in [0.29, 0.717) is 17.6 Å². The highest BCUT2D eigenvalue weighted by molar-refractivity contribution is 5.92. The van der Waals surface area contributed by atoms with Crippen molar-refractivity contribution in [3.05, 3.63) is 18.1 Å². The van der Waals surface area contributed by atoms with Gasteiger partial charge in [0.05, 0.1) is 12.4 Å². The van der Waals surface area contributed by atoms with Gasteiger partial charge in [-0.1, -0.05) is 0 Å². The summed E-state index contributed by atoms with van der Waals surface area (Å²) in [6, 6.07) is 0.871. The highest BCUT2D eigenvalue weighted by atomic mass is 16.2. The van der Waals surface area contributed by atoms with Crippen molar-refractivity contribution in [2.75, 3.05) is 18.5 Å². The maximum Gasteiger partial charge on any atom is 0.271 e. The number of nitrogens with one attached hydrogen (secondary N) is 2. The van der Waals surface area contributed by atoms with Crippen LogP contribution >= 0.6 is 0 Å². The van der Waals surface area contributed by atoms with E-state index in [0.717, 1.165) is 19.4 Å². The molecule has 2 aliphatic rings. The molecule has 7 heteroatoms. The minimum absolute atomic E-state index is 0.175. The predicted molar refractivity (Wildman–Crippen MR) is 74.9 cm³/mol. The minimum atomic E-state index is -0.175. The maximum atomic E-state index is 12.2. The van der Waals surface area contributed by atoms with E-state index in [4.69, 9.17) is 5.84 Å². The molecule has 0 bridgehead atoms. The van der Waals surface area contributed by atoms with Gasteiger partial charge in [-0.15, -0.1) is 0 Å². The zero-order chi connectivity index (χ0) is 13.9. The van der Waals surface area contributed by atoms with Crippen molar-refractivity contribution >= 4 is 11.7 Å². The normalized spacial score (nSPS) is 26.1. The molecule has 1 amide bonds. The van der Waals surface area contributed by atoms with Crippen molar-refractivity contribution in [1.29, 1.82) is 0 Å². The van der Waals surface area contributed by atoms with E-state index in [9.17, 15) is 4.79 Å². The van der Waals surface area contributed by atoms with Gasteiger partial charge in [0.2, 0.25) is 0 Å². The Balaban J connectivity index is 1.61. The zero-order valence-electron chi connectivity index (χ0n) is 11.4. The van der Waals surface area contributed by atoms with Crippen LogP contribution in [0.5, 0.6) is 0 Å². The Morgan fingerprint density at radius 1 is 1.35 bits per heavy atom. The van der Waals surface area contributed by atoms with Gasteiger partial charge >= 0.3 is 0 Å². The van der Waals surface area contributed by atoms with Gasteiger partial charge in [0.1, 0.15) is 5.69 Å². The topological polar surface area (TPSA) is 96.2 Å². The fourth-order valence-corrected chi connectivity index (χ4v) is 3.16. The number of carbonyl (C=O) groups is 1. The molecule has 20 heavy (non-hydrogen) atoms. The first-order valence-electron chi connectivity index (χ1n) is 7.10. The molecule has 7 nitrogen and oxygen atoms in total. The van der Waals surface area contributed by atoms with E-state index >= 15 is 0 Å². The molecule has 0 aromatic carbocycles. The van der Waals surface area contributed by atoms with E-state index in [-0.39, 0.29) is 11.9 Å². The Hall–Kier alpha value is -1.73. The second-order valence-electron chi connectivity index (χ2n) is 5.46. The van der Waals surface area contributed by atoms with Gasteiger partial charge in [0, 0.05) is 18.6 Å². The molecule has 2 fully saturated rings. The van der Waals surface area contributed by atoms with Crippen LogP contribution < -0.4 is 16.6 Å². The van der Waals surface area contributed by atoms with Gasteiger partial charge in [-0.3, -0.25) is 9.78 Å². The average molecular weight is 276 g/mol. The third-order valence-electron chi connectivity index (χ3n) is 4.17. The first-order chi connectivity index (χ1) is 9.76. The Kier molecular flexibility index (Phi) is 3.79. The number of hydrogen-bond acceptors (Lipinski definition) is 6. The number of piperidine rings is 1. The van der Waals surface area contributed by atoms with Gasteiger partial charge in [-0.2, -0.15) is 0 Å². The molecule has 108 valence electrons. The summed E-state index contributed by atoms with van der Waals surface area (Å²) < 4.78 is 0. The molecule has 2 unspecified atom stereocenters. The number of amides is 1. The van der Waals surface area contributed by atoms with Crippen LogP contribution in [0.25, 0.3) is 0 Å². The fourth-order valence-electron chi connectivity index (χ4n) is 3.16. The van der Waals surface area contributed by atoms with Crippen LogP contribution in [0, 0.1) is 0 Å². The van der Waals surface area contributed by atoms with Gasteiger partial charge < -0.3 is 15.6 Å². The highest BCUT2D eigenvalue weighted by Gasteiger charge is 2.32. The highest BCUT2D eigenvalue weighted by Crippen LogP contribution is 2.26. The molecule has 2 atom stereocenters. The quantitative estimate of drug-likeness (QED) is 0.536.